The Labute approximate surface area is 130 Å². The normalized spacial score (nSPS) is 17.2. The molecule has 0 saturated carbocycles. The van der Waals surface area contributed by atoms with Gasteiger partial charge in [0.1, 0.15) is 11.8 Å². The number of anilines is 1. The van der Waals surface area contributed by atoms with Gasteiger partial charge < -0.3 is 10.1 Å². The van der Waals surface area contributed by atoms with Gasteiger partial charge in [-0.25, -0.2) is 10.2 Å². The fourth-order valence-corrected chi connectivity index (χ4v) is 2.70. The average Bonchev–Trinajstić information content (AvgIpc) is 3.03. The molecule has 1 aliphatic rings. The van der Waals surface area contributed by atoms with Crippen LogP contribution in [0.4, 0.5) is 10.5 Å². The Morgan fingerprint density at radius 3 is 2.73 bits per heavy atom. The van der Waals surface area contributed by atoms with Crippen molar-refractivity contribution < 1.29 is 14.3 Å². The molecule has 7 heteroatoms. The number of amides is 2. The van der Waals surface area contributed by atoms with E-state index in [2.05, 4.69) is 15.8 Å². The van der Waals surface area contributed by atoms with Crippen LogP contribution in [0.3, 0.4) is 0 Å². The van der Waals surface area contributed by atoms with Crippen LogP contribution < -0.4 is 10.7 Å². The molecule has 1 aliphatic heterocycles. The van der Waals surface area contributed by atoms with E-state index in [4.69, 9.17) is 4.74 Å². The number of nitrogens with one attached hydrogen (secondary N) is 2. The molecular formula is C15H13N3O3S. The topological polar surface area (TPSA) is 79.8 Å². The van der Waals surface area contributed by atoms with Crippen LogP contribution in [0.25, 0.3) is 0 Å². The van der Waals surface area contributed by atoms with Crippen molar-refractivity contribution in [3.05, 3.63) is 52.2 Å². The second kappa shape index (κ2) is 5.98. The number of carbonyl (C=O) groups excluding carboxylic acids is 2. The number of cyclic esters (lactones) is 1. The first kappa shape index (κ1) is 14.3. The summed E-state index contributed by atoms with van der Waals surface area (Å²) in [6.45, 7) is 1.75. The molecule has 0 fully saturated rings. The Kier molecular flexibility index (Phi) is 3.88. The summed E-state index contributed by atoms with van der Waals surface area (Å²) in [5, 5.41) is 10.5. The minimum atomic E-state index is -0.559. The number of hydrazone groups is 1. The molecule has 2 aromatic rings. The lowest BCUT2D eigenvalue weighted by atomic mass is 10.1. The number of carbonyl (C=O) groups is 2. The quantitative estimate of drug-likeness (QED) is 0.914. The number of hydrogen-bond acceptors (Lipinski definition) is 5. The van der Waals surface area contributed by atoms with E-state index < -0.39 is 12.2 Å². The summed E-state index contributed by atoms with van der Waals surface area (Å²) in [5.74, 6) is -0.145. The summed E-state index contributed by atoms with van der Waals surface area (Å²) in [5.41, 5.74) is 5.06. The highest BCUT2D eigenvalue weighted by atomic mass is 32.1. The molecule has 3 rings (SSSR count). The van der Waals surface area contributed by atoms with Gasteiger partial charge in [0.15, 0.2) is 0 Å². The van der Waals surface area contributed by atoms with Crippen LogP contribution in [0, 0.1) is 0 Å². The van der Waals surface area contributed by atoms with Crippen LogP contribution in [-0.2, 0) is 4.74 Å². The Morgan fingerprint density at radius 1 is 1.32 bits per heavy atom. The molecule has 0 bridgehead atoms. The third kappa shape index (κ3) is 2.99. The molecule has 2 amide bonds. The molecular weight excluding hydrogens is 302 g/mol. The predicted molar refractivity (Wildman–Crippen MR) is 84.3 cm³/mol. The molecule has 0 radical (unpaired) electrons. The minimum absolute atomic E-state index is 0.145. The summed E-state index contributed by atoms with van der Waals surface area (Å²) in [6.07, 6.45) is -0.976. The van der Waals surface area contributed by atoms with Gasteiger partial charge in [0.2, 0.25) is 0 Å². The standard InChI is InChI=1S/C15H13N3O3S/c1-9-13(17-18-15(20)21-9)10-2-4-12(5-3-10)16-14(19)11-6-7-22-8-11/h2-9H,1H3,(H,16,19)(H,18,20). The zero-order valence-corrected chi connectivity index (χ0v) is 12.5. The van der Waals surface area contributed by atoms with Gasteiger partial charge >= 0.3 is 6.09 Å². The van der Waals surface area contributed by atoms with Gasteiger partial charge in [0.25, 0.3) is 5.91 Å². The molecule has 22 heavy (non-hydrogen) atoms. The van der Waals surface area contributed by atoms with Gasteiger partial charge in [-0.1, -0.05) is 12.1 Å². The van der Waals surface area contributed by atoms with Crippen LogP contribution in [0.1, 0.15) is 22.8 Å². The van der Waals surface area contributed by atoms with Gasteiger partial charge in [-0.05, 0) is 30.5 Å². The predicted octanol–water partition coefficient (Wildman–Crippen LogP) is 2.83. The summed E-state index contributed by atoms with van der Waals surface area (Å²) in [7, 11) is 0. The zero-order valence-electron chi connectivity index (χ0n) is 11.7. The van der Waals surface area contributed by atoms with Gasteiger partial charge in [0.05, 0.1) is 5.56 Å². The molecule has 1 aromatic carbocycles. The molecule has 0 aliphatic carbocycles. The summed E-state index contributed by atoms with van der Waals surface area (Å²) >= 11 is 1.48. The van der Waals surface area contributed by atoms with Crippen molar-refractivity contribution in [3.63, 3.8) is 0 Å². The Bertz CT molecular complexity index is 723. The van der Waals surface area contributed by atoms with E-state index in [0.29, 0.717) is 17.0 Å². The van der Waals surface area contributed by atoms with Crippen molar-refractivity contribution in [2.24, 2.45) is 5.10 Å². The van der Waals surface area contributed by atoms with Crippen molar-refractivity contribution in [1.82, 2.24) is 5.43 Å². The Morgan fingerprint density at radius 2 is 2.09 bits per heavy atom. The van der Waals surface area contributed by atoms with Crippen LogP contribution in [0.2, 0.25) is 0 Å². The summed E-state index contributed by atoms with van der Waals surface area (Å²) in [4.78, 5) is 23.0. The van der Waals surface area contributed by atoms with E-state index in [-0.39, 0.29) is 5.91 Å². The molecule has 2 N–H and O–H groups in total. The number of ether oxygens (including phenoxy) is 1. The van der Waals surface area contributed by atoms with Crippen LogP contribution >= 0.6 is 11.3 Å². The van der Waals surface area contributed by atoms with E-state index in [9.17, 15) is 9.59 Å². The zero-order chi connectivity index (χ0) is 15.5. The second-order valence-electron chi connectivity index (χ2n) is 4.70. The highest BCUT2D eigenvalue weighted by Gasteiger charge is 2.22. The lowest BCUT2D eigenvalue weighted by molar-refractivity contribution is 0.102. The molecule has 0 saturated heterocycles. The lowest BCUT2D eigenvalue weighted by Gasteiger charge is -2.20. The van der Waals surface area contributed by atoms with Gasteiger partial charge in [-0.3, -0.25) is 4.79 Å². The average molecular weight is 315 g/mol. The number of nitrogens with zero attached hydrogens (tertiary/aromatic N) is 1. The third-order valence-electron chi connectivity index (χ3n) is 3.16. The van der Waals surface area contributed by atoms with Crippen molar-refractivity contribution in [1.29, 1.82) is 0 Å². The first-order chi connectivity index (χ1) is 10.6. The fraction of sp³-hybridized carbons (Fsp3) is 0.133. The first-order valence-corrected chi connectivity index (χ1v) is 7.56. The van der Waals surface area contributed by atoms with E-state index >= 15 is 0 Å². The molecule has 2 heterocycles. The minimum Gasteiger partial charge on any atom is -0.439 e. The first-order valence-electron chi connectivity index (χ1n) is 6.61. The van der Waals surface area contributed by atoms with Gasteiger partial charge in [-0.15, -0.1) is 0 Å². The second-order valence-corrected chi connectivity index (χ2v) is 5.48. The van der Waals surface area contributed by atoms with Crippen LogP contribution in [0.5, 0.6) is 0 Å². The molecule has 6 nitrogen and oxygen atoms in total. The van der Waals surface area contributed by atoms with E-state index in [1.54, 1.807) is 30.5 Å². The van der Waals surface area contributed by atoms with E-state index in [0.717, 1.165) is 5.56 Å². The smallest absolute Gasteiger partial charge is 0.428 e. The number of thiophene rings is 1. The molecule has 112 valence electrons. The maximum atomic E-state index is 12.0. The van der Waals surface area contributed by atoms with Crippen LogP contribution in [-0.4, -0.2) is 23.8 Å². The monoisotopic (exact) mass is 315 g/mol. The molecule has 0 spiro atoms. The third-order valence-corrected chi connectivity index (χ3v) is 3.84. The summed E-state index contributed by atoms with van der Waals surface area (Å²) < 4.78 is 5.05. The van der Waals surface area contributed by atoms with Crippen molar-refractivity contribution in [2.75, 3.05) is 5.32 Å². The summed E-state index contributed by atoms with van der Waals surface area (Å²) in [6, 6.07) is 8.97. The van der Waals surface area contributed by atoms with Crippen LogP contribution in [0.15, 0.2) is 46.2 Å². The van der Waals surface area contributed by atoms with E-state index in [1.165, 1.54) is 11.3 Å². The number of hydrogen-bond donors (Lipinski definition) is 2. The van der Waals surface area contributed by atoms with Gasteiger partial charge in [0, 0.05) is 16.6 Å². The molecule has 1 unspecified atom stereocenters. The van der Waals surface area contributed by atoms with Crippen molar-refractivity contribution >= 4 is 34.7 Å². The maximum Gasteiger partial charge on any atom is 0.428 e. The highest BCUT2D eigenvalue weighted by Crippen LogP contribution is 2.16. The molecule has 1 aromatic heterocycles. The molecule has 1 atom stereocenters. The largest absolute Gasteiger partial charge is 0.439 e. The maximum absolute atomic E-state index is 12.0. The van der Waals surface area contributed by atoms with E-state index in [1.807, 2.05) is 17.5 Å². The number of rotatable bonds is 3. The van der Waals surface area contributed by atoms with Gasteiger partial charge in [-0.2, -0.15) is 16.4 Å². The highest BCUT2D eigenvalue weighted by molar-refractivity contribution is 7.08. The SMILES string of the molecule is CC1OC(=O)NN=C1c1ccc(NC(=O)c2ccsc2)cc1. The number of benzene rings is 1. The fourth-order valence-electron chi connectivity index (χ4n) is 2.06. The Hall–Kier alpha value is -2.67. The van der Waals surface area contributed by atoms with Crippen molar-refractivity contribution in [3.8, 4) is 0 Å². The Balaban J connectivity index is 1.73. The van der Waals surface area contributed by atoms with Crippen molar-refractivity contribution in [2.45, 2.75) is 13.0 Å². The lowest BCUT2D eigenvalue weighted by Crippen LogP contribution is -2.37.